The Morgan fingerprint density at radius 2 is 2.24 bits per heavy atom. The molecule has 1 saturated heterocycles. The smallest absolute Gasteiger partial charge is 0.270 e. The Balaban J connectivity index is 2.20. The number of carbonyl (C=O) groups is 1. The van der Waals surface area contributed by atoms with Gasteiger partial charge in [0.25, 0.3) is 11.6 Å². The van der Waals surface area contributed by atoms with Crippen LogP contribution in [0.4, 0.5) is 10.1 Å². The van der Waals surface area contributed by atoms with E-state index < -0.39 is 16.6 Å². The van der Waals surface area contributed by atoms with E-state index in [9.17, 15) is 19.3 Å². The summed E-state index contributed by atoms with van der Waals surface area (Å²) in [5.41, 5.74) is -0.602. The molecular weight excluding hydrogens is 229 g/mol. The maximum absolute atomic E-state index is 13.4. The summed E-state index contributed by atoms with van der Waals surface area (Å²) < 4.78 is 13.4. The number of nitrogens with zero attached hydrogens (tertiary/aromatic N) is 1. The van der Waals surface area contributed by atoms with Crippen LogP contribution in [-0.2, 0) is 0 Å². The van der Waals surface area contributed by atoms with Gasteiger partial charge in [-0.05, 0) is 6.07 Å². The van der Waals surface area contributed by atoms with Gasteiger partial charge in [-0.3, -0.25) is 14.9 Å². The monoisotopic (exact) mass is 239 g/mol. The molecular formula is C10H10FN3O3. The van der Waals surface area contributed by atoms with Gasteiger partial charge < -0.3 is 10.6 Å². The van der Waals surface area contributed by atoms with E-state index in [4.69, 9.17) is 0 Å². The van der Waals surface area contributed by atoms with Crippen molar-refractivity contribution in [2.45, 2.75) is 6.04 Å². The third-order valence-corrected chi connectivity index (χ3v) is 2.52. The molecule has 1 amide bonds. The number of benzene rings is 1. The third kappa shape index (κ3) is 2.39. The van der Waals surface area contributed by atoms with Crippen molar-refractivity contribution < 1.29 is 14.1 Å². The molecule has 1 aromatic rings. The molecule has 90 valence electrons. The number of hydrogen-bond donors (Lipinski definition) is 2. The van der Waals surface area contributed by atoms with E-state index in [1.807, 2.05) is 0 Å². The maximum Gasteiger partial charge on any atom is 0.270 e. The molecule has 1 aromatic carbocycles. The van der Waals surface area contributed by atoms with Crippen LogP contribution in [0.1, 0.15) is 10.4 Å². The predicted octanol–water partition coefficient (Wildman–Crippen LogP) is 0.436. The van der Waals surface area contributed by atoms with E-state index in [1.54, 1.807) is 0 Å². The highest BCUT2D eigenvalue weighted by atomic mass is 19.1. The summed E-state index contributed by atoms with van der Waals surface area (Å²) >= 11 is 0. The molecule has 0 saturated carbocycles. The molecule has 0 unspecified atom stereocenters. The van der Waals surface area contributed by atoms with Crippen LogP contribution in [0.25, 0.3) is 0 Å². The fourth-order valence-corrected chi connectivity index (χ4v) is 1.45. The summed E-state index contributed by atoms with van der Waals surface area (Å²) in [6, 6.07) is 2.85. The minimum absolute atomic E-state index is 0.0406. The van der Waals surface area contributed by atoms with Crippen LogP contribution < -0.4 is 10.6 Å². The maximum atomic E-state index is 13.4. The largest absolute Gasteiger partial charge is 0.347 e. The number of halogens is 1. The Hall–Kier alpha value is -2.02. The van der Waals surface area contributed by atoms with Crippen LogP contribution in [0.5, 0.6) is 0 Å². The first-order valence-corrected chi connectivity index (χ1v) is 5.03. The van der Waals surface area contributed by atoms with E-state index in [1.165, 1.54) is 0 Å². The van der Waals surface area contributed by atoms with Crippen molar-refractivity contribution in [2.24, 2.45) is 0 Å². The highest BCUT2D eigenvalue weighted by Crippen LogP contribution is 2.16. The lowest BCUT2D eigenvalue weighted by atomic mass is 10.1. The zero-order valence-corrected chi connectivity index (χ0v) is 8.77. The topological polar surface area (TPSA) is 84.3 Å². The minimum Gasteiger partial charge on any atom is -0.347 e. The van der Waals surface area contributed by atoms with E-state index in [0.717, 1.165) is 18.2 Å². The summed E-state index contributed by atoms with van der Waals surface area (Å²) in [7, 11) is 0. The fourth-order valence-electron chi connectivity index (χ4n) is 1.45. The van der Waals surface area contributed by atoms with Crippen molar-refractivity contribution in [3.63, 3.8) is 0 Å². The minimum atomic E-state index is -0.764. The second kappa shape index (κ2) is 4.46. The van der Waals surface area contributed by atoms with E-state index in [2.05, 4.69) is 10.6 Å². The summed E-state index contributed by atoms with van der Waals surface area (Å²) in [6.07, 6.45) is 0. The number of carbonyl (C=O) groups excluding carboxylic acids is 1. The highest BCUT2D eigenvalue weighted by molar-refractivity contribution is 5.95. The predicted molar refractivity (Wildman–Crippen MR) is 57.2 cm³/mol. The molecule has 6 nitrogen and oxygen atoms in total. The number of amides is 1. The van der Waals surface area contributed by atoms with E-state index >= 15 is 0 Å². The second-order valence-corrected chi connectivity index (χ2v) is 3.75. The van der Waals surface area contributed by atoms with Gasteiger partial charge in [-0.1, -0.05) is 0 Å². The van der Waals surface area contributed by atoms with Crippen LogP contribution in [0.3, 0.4) is 0 Å². The van der Waals surface area contributed by atoms with Gasteiger partial charge >= 0.3 is 0 Å². The molecule has 0 spiro atoms. The van der Waals surface area contributed by atoms with Gasteiger partial charge in [0.05, 0.1) is 16.5 Å². The second-order valence-electron chi connectivity index (χ2n) is 3.75. The van der Waals surface area contributed by atoms with Gasteiger partial charge in [0.15, 0.2) is 0 Å². The zero-order chi connectivity index (χ0) is 12.4. The van der Waals surface area contributed by atoms with E-state index in [0.29, 0.717) is 13.1 Å². The third-order valence-electron chi connectivity index (χ3n) is 2.52. The number of non-ortho nitro benzene ring substituents is 1. The molecule has 2 N–H and O–H groups in total. The summed E-state index contributed by atoms with van der Waals surface area (Å²) in [5, 5.41) is 16.0. The van der Waals surface area contributed by atoms with Crippen molar-refractivity contribution in [1.29, 1.82) is 0 Å². The molecule has 7 heteroatoms. The number of rotatable bonds is 3. The molecule has 0 aliphatic carbocycles. The van der Waals surface area contributed by atoms with Crippen LogP contribution in [0.15, 0.2) is 18.2 Å². The zero-order valence-electron chi connectivity index (χ0n) is 8.77. The Bertz CT molecular complexity index is 474. The van der Waals surface area contributed by atoms with Gasteiger partial charge in [0.1, 0.15) is 5.82 Å². The number of nitro groups is 1. The lowest BCUT2D eigenvalue weighted by molar-refractivity contribution is -0.384. The Morgan fingerprint density at radius 1 is 1.53 bits per heavy atom. The Labute approximate surface area is 96.0 Å². The van der Waals surface area contributed by atoms with Crippen molar-refractivity contribution in [1.82, 2.24) is 10.6 Å². The highest BCUT2D eigenvalue weighted by Gasteiger charge is 2.22. The van der Waals surface area contributed by atoms with Crippen molar-refractivity contribution in [2.75, 3.05) is 13.1 Å². The van der Waals surface area contributed by atoms with E-state index in [-0.39, 0.29) is 17.3 Å². The quantitative estimate of drug-likeness (QED) is 0.592. The van der Waals surface area contributed by atoms with Crippen molar-refractivity contribution in [3.05, 3.63) is 39.7 Å². The van der Waals surface area contributed by atoms with Crippen LogP contribution in [0, 0.1) is 15.9 Å². The molecule has 0 radical (unpaired) electrons. The first-order chi connectivity index (χ1) is 8.08. The lowest BCUT2D eigenvalue weighted by Gasteiger charge is -2.27. The van der Waals surface area contributed by atoms with Gasteiger partial charge in [-0.2, -0.15) is 0 Å². The molecule has 17 heavy (non-hydrogen) atoms. The molecule has 0 aromatic heterocycles. The number of hydrogen-bond acceptors (Lipinski definition) is 4. The Kier molecular flexibility index (Phi) is 3.01. The SMILES string of the molecule is O=C(NC1CNC1)c1cc([N+](=O)[O-])ccc1F. The van der Waals surface area contributed by atoms with Gasteiger partial charge in [0.2, 0.25) is 0 Å². The summed E-state index contributed by atoms with van der Waals surface area (Å²) in [5.74, 6) is -1.39. The molecule has 2 rings (SSSR count). The average Bonchev–Trinajstić information content (AvgIpc) is 2.23. The molecule has 0 atom stereocenters. The average molecular weight is 239 g/mol. The van der Waals surface area contributed by atoms with Crippen LogP contribution >= 0.6 is 0 Å². The van der Waals surface area contributed by atoms with Gasteiger partial charge in [-0.25, -0.2) is 4.39 Å². The summed E-state index contributed by atoms with van der Waals surface area (Å²) in [6.45, 7) is 1.25. The fraction of sp³-hybridized carbons (Fsp3) is 0.300. The molecule has 0 bridgehead atoms. The van der Waals surface area contributed by atoms with Crippen molar-refractivity contribution >= 4 is 11.6 Å². The lowest BCUT2D eigenvalue weighted by Crippen LogP contribution is -2.57. The number of nitrogens with one attached hydrogen (secondary N) is 2. The molecule has 1 aliphatic heterocycles. The van der Waals surface area contributed by atoms with Crippen molar-refractivity contribution in [3.8, 4) is 0 Å². The molecule has 1 fully saturated rings. The van der Waals surface area contributed by atoms with Gasteiger partial charge in [-0.15, -0.1) is 0 Å². The summed E-state index contributed by atoms with van der Waals surface area (Å²) in [4.78, 5) is 21.5. The van der Waals surface area contributed by atoms with Gasteiger partial charge in [0, 0.05) is 25.2 Å². The first-order valence-electron chi connectivity index (χ1n) is 5.03. The normalized spacial score (nSPS) is 15.1. The number of nitro benzene ring substituents is 1. The molecule has 1 aliphatic rings. The first kappa shape index (κ1) is 11.5. The standard InChI is InChI=1S/C10H10FN3O3/c11-9-2-1-7(14(16)17)3-8(9)10(15)13-6-4-12-5-6/h1-3,6,12H,4-5H2,(H,13,15). The van der Waals surface area contributed by atoms with Crippen LogP contribution in [0.2, 0.25) is 0 Å². The van der Waals surface area contributed by atoms with Crippen LogP contribution in [-0.4, -0.2) is 30.0 Å². The molecule has 1 heterocycles. The Morgan fingerprint density at radius 3 is 2.76 bits per heavy atom.